The van der Waals surface area contributed by atoms with Gasteiger partial charge in [0.1, 0.15) is 0 Å². The van der Waals surface area contributed by atoms with Gasteiger partial charge in [-0.2, -0.15) is 5.48 Å². The van der Waals surface area contributed by atoms with E-state index in [0.717, 1.165) is 5.56 Å². The number of rotatable bonds is 5. The van der Waals surface area contributed by atoms with Crippen LogP contribution < -0.4 is 5.48 Å². The van der Waals surface area contributed by atoms with Crippen molar-refractivity contribution in [1.29, 1.82) is 0 Å². The van der Waals surface area contributed by atoms with E-state index in [9.17, 15) is 0 Å². The van der Waals surface area contributed by atoms with E-state index >= 15 is 0 Å². The van der Waals surface area contributed by atoms with Crippen LogP contribution in [-0.4, -0.2) is 6.61 Å². The summed E-state index contributed by atoms with van der Waals surface area (Å²) < 4.78 is 0. The van der Waals surface area contributed by atoms with E-state index in [1.807, 2.05) is 19.1 Å². The molecule has 1 aromatic carbocycles. The molecule has 90 valence electrons. The molecular weight excluding hydrogens is 245 g/mol. The van der Waals surface area contributed by atoms with Gasteiger partial charge in [-0.25, -0.2) is 0 Å². The molecule has 0 heterocycles. The lowest BCUT2D eigenvalue weighted by Crippen LogP contribution is -2.21. The van der Waals surface area contributed by atoms with Gasteiger partial charge < -0.3 is 4.84 Å². The van der Waals surface area contributed by atoms with Gasteiger partial charge in [0, 0.05) is 10.0 Å². The van der Waals surface area contributed by atoms with Gasteiger partial charge in [-0.3, -0.25) is 0 Å². The summed E-state index contributed by atoms with van der Waals surface area (Å²) in [4.78, 5) is 5.35. The van der Waals surface area contributed by atoms with Gasteiger partial charge in [-0.15, -0.1) is 0 Å². The highest BCUT2D eigenvalue weighted by molar-refractivity contribution is 6.35. The molecule has 0 saturated carbocycles. The summed E-state index contributed by atoms with van der Waals surface area (Å²) >= 11 is 11.9. The summed E-state index contributed by atoms with van der Waals surface area (Å²) in [5, 5.41) is 1.30. The van der Waals surface area contributed by atoms with E-state index < -0.39 is 0 Å². The van der Waals surface area contributed by atoms with Crippen LogP contribution in [0.25, 0.3) is 0 Å². The monoisotopic (exact) mass is 261 g/mol. The number of hydrogen-bond donors (Lipinski definition) is 1. The molecule has 0 aliphatic heterocycles. The molecule has 0 saturated heterocycles. The maximum absolute atomic E-state index is 6.09. The SMILES string of the molecule is CC(C)CONC(C)c1ccc(Cl)cc1Cl. The highest BCUT2D eigenvalue weighted by Crippen LogP contribution is 2.25. The quantitative estimate of drug-likeness (QED) is 0.802. The van der Waals surface area contributed by atoms with Crippen molar-refractivity contribution in [3.8, 4) is 0 Å². The van der Waals surface area contributed by atoms with E-state index in [1.165, 1.54) is 0 Å². The average Bonchev–Trinajstić information content (AvgIpc) is 2.16. The van der Waals surface area contributed by atoms with Crippen LogP contribution in [0.4, 0.5) is 0 Å². The molecule has 0 aliphatic carbocycles. The zero-order chi connectivity index (χ0) is 12.1. The normalized spacial score (nSPS) is 13.1. The number of hydroxylamine groups is 1. The summed E-state index contributed by atoms with van der Waals surface area (Å²) in [6.45, 7) is 6.87. The lowest BCUT2D eigenvalue weighted by Gasteiger charge is -2.16. The molecule has 1 atom stereocenters. The van der Waals surface area contributed by atoms with Gasteiger partial charge >= 0.3 is 0 Å². The van der Waals surface area contributed by atoms with Crippen LogP contribution in [-0.2, 0) is 4.84 Å². The van der Waals surface area contributed by atoms with Gasteiger partial charge in [0.05, 0.1) is 12.6 Å². The molecule has 1 rings (SSSR count). The Kier molecular flexibility index (Phi) is 5.56. The maximum atomic E-state index is 6.09. The van der Waals surface area contributed by atoms with Gasteiger partial charge in [0.25, 0.3) is 0 Å². The fraction of sp³-hybridized carbons (Fsp3) is 0.500. The molecule has 0 aromatic heterocycles. The highest BCUT2D eigenvalue weighted by atomic mass is 35.5. The van der Waals surface area contributed by atoms with Crippen LogP contribution in [0.5, 0.6) is 0 Å². The predicted molar refractivity (Wildman–Crippen MR) is 68.8 cm³/mol. The van der Waals surface area contributed by atoms with E-state index in [0.29, 0.717) is 22.6 Å². The van der Waals surface area contributed by atoms with E-state index in [1.54, 1.807) is 6.07 Å². The molecule has 0 amide bonds. The van der Waals surface area contributed by atoms with E-state index in [2.05, 4.69) is 19.3 Å². The van der Waals surface area contributed by atoms with Crippen LogP contribution in [0, 0.1) is 5.92 Å². The first-order valence-electron chi connectivity index (χ1n) is 5.33. The van der Waals surface area contributed by atoms with E-state index in [-0.39, 0.29) is 6.04 Å². The Labute approximate surface area is 107 Å². The summed E-state index contributed by atoms with van der Waals surface area (Å²) in [5.41, 5.74) is 3.94. The van der Waals surface area contributed by atoms with Crippen molar-refractivity contribution in [1.82, 2.24) is 5.48 Å². The van der Waals surface area contributed by atoms with Crippen molar-refractivity contribution in [2.24, 2.45) is 5.92 Å². The van der Waals surface area contributed by atoms with Crippen LogP contribution in [0.3, 0.4) is 0 Å². The molecule has 0 bridgehead atoms. The smallest absolute Gasteiger partial charge is 0.0705 e. The van der Waals surface area contributed by atoms with Gasteiger partial charge in [0.2, 0.25) is 0 Å². The largest absolute Gasteiger partial charge is 0.301 e. The van der Waals surface area contributed by atoms with E-state index in [4.69, 9.17) is 28.0 Å². The first kappa shape index (κ1) is 13.8. The van der Waals surface area contributed by atoms with Crippen molar-refractivity contribution in [2.75, 3.05) is 6.61 Å². The van der Waals surface area contributed by atoms with Crippen molar-refractivity contribution >= 4 is 23.2 Å². The first-order chi connectivity index (χ1) is 7.50. The molecule has 0 fully saturated rings. The fourth-order valence-corrected chi connectivity index (χ4v) is 1.83. The van der Waals surface area contributed by atoms with Crippen molar-refractivity contribution in [2.45, 2.75) is 26.8 Å². The van der Waals surface area contributed by atoms with Crippen molar-refractivity contribution in [3.05, 3.63) is 33.8 Å². The third-order valence-electron chi connectivity index (χ3n) is 2.11. The molecule has 1 N–H and O–H groups in total. The number of benzene rings is 1. The molecule has 0 aliphatic rings. The number of hydrogen-bond acceptors (Lipinski definition) is 2. The van der Waals surface area contributed by atoms with Gasteiger partial charge in [0.15, 0.2) is 0 Å². The van der Waals surface area contributed by atoms with Crippen molar-refractivity contribution in [3.63, 3.8) is 0 Å². The molecule has 0 radical (unpaired) electrons. The van der Waals surface area contributed by atoms with Gasteiger partial charge in [-0.1, -0.05) is 43.1 Å². The summed E-state index contributed by atoms with van der Waals surface area (Å²) in [6, 6.07) is 5.51. The van der Waals surface area contributed by atoms with Crippen LogP contribution in [0.15, 0.2) is 18.2 Å². The third-order valence-corrected chi connectivity index (χ3v) is 2.67. The molecule has 16 heavy (non-hydrogen) atoms. The Morgan fingerprint density at radius 1 is 1.25 bits per heavy atom. The number of nitrogens with one attached hydrogen (secondary N) is 1. The standard InChI is InChI=1S/C12H17Cl2NO/c1-8(2)7-16-15-9(3)11-5-4-10(13)6-12(11)14/h4-6,8-9,15H,7H2,1-3H3. The highest BCUT2D eigenvalue weighted by Gasteiger charge is 2.09. The second kappa shape index (κ2) is 6.45. The third kappa shape index (κ3) is 4.30. The average molecular weight is 262 g/mol. The Morgan fingerprint density at radius 2 is 1.94 bits per heavy atom. The van der Waals surface area contributed by atoms with Crippen LogP contribution in [0.2, 0.25) is 10.0 Å². The summed E-state index contributed by atoms with van der Waals surface area (Å²) in [5.74, 6) is 0.500. The Balaban J connectivity index is 2.55. The minimum atomic E-state index is 0.0449. The second-order valence-corrected chi connectivity index (χ2v) is 5.05. The summed E-state index contributed by atoms with van der Waals surface area (Å²) in [7, 11) is 0. The Morgan fingerprint density at radius 3 is 2.50 bits per heavy atom. The first-order valence-corrected chi connectivity index (χ1v) is 6.08. The Bertz CT molecular complexity index is 342. The maximum Gasteiger partial charge on any atom is 0.0705 e. The fourth-order valence-electron chi connectivity index (χ4n) is 1.26. The minimum absolute atomic E-state index is 0.0449. The van der Waals surface area contributed by atoms with Crippen LogP contribution >= 0.6 is 23.2 Å². The van der Waals surface area contributed by atoms with Gasteiger partial charge in [-0.05, 0) is 30.5 Å². The molecule has 4 heteroatoms. The molecule has 2 nitrogen and oxygen atoms in total. The molecule has 1 aromatic rings. The minimum Gasteiger partial charge on any atom is -0.301 e. The molecule has 0 spiro atoms. The molecule has 1 unspecified atom stereocenters. The lowest BCUT2D eigenvalue weighted by atomic mass is 10.1. The second-order valence-electron chi connectivity index (χ2n) is 4.21. The predicted octanol–water partition coefficient (Wildman–Crippen LogP) is 4.23. The summed E-state index contributed by atoms with van der Waals surface area (Å²) in [6.07, 6.45) is 0. The topological polar surface area (TPSA) is 21.3 Å². The zero-order valence-electron chi connectivity index (χ0n) is 9.76. The van der Waals surface area contributed by atoms with Crippen LogP contribution in [0.1, 0.15) is 32.4 Å². The zero-order valence-corrected chi connectivity index (χ0v) is 11.3. The Hall–Kier alpha value is -0.280. The van der Waals surface area contributed by atoms with Crippen molar-refractivity contribution < 1.29 is 4.84 Å². The number of halogens is 2. The lowest BCUT2D eigenvalue weighted by molar-refractivity contribution is 0.00411. The molecular formula is C12H17Cl2NO.